The standard InChI is InChI=1S/C22H22N2O7/c1-13-12-16(31-3)8-9-17(13)20(25)18-19(14-4-6-15(7-5-14)24(28)29)23(10-11-30-2)22(27)21(18)26/h4-9,12,19,25H,10-11H2,1-3H3/t19-/m0/s1. The molecule has 0 saturated carbocycles. The van der Waals surface area contributed by atoms with Gasteiger partial charge in [0.15, 0.2) is 0 Å². The lowest BCUT2D eigenvalue weighted by atomic mass is 9.93. The van der Waals surface area contributed by atoms with Gasteiger partial charge in [-0.05, 0) is 48.4 Å². The van der Waals surface area contributed by atoms with E-state index in [2.05, 4.69) is 0 Å². The van der Waals surface area contributed by atoms with Crippen molar-refractivity contribution in [3.8, 4) is 5.75 Å². The minimum atomic E-state index is -0.905. The number of nitro groups is 1. The molecule has 162 valence electrons. The quantitative estimate of drug-likeness (QED) is 0.238. The number of Topliss-reactive ketones (excluding diaryl/α,β-unsaturated/α-hetero) is 1. The highest BCUT2D eigenvalue weighted by Gasteiger charge is 2.46. The number of aliphatic hydroxyl groups excluding tert-OH is 1. The molecule has 1 saturated heterocycles. The third-order valence-electron chi connectivity index (χ3n) is 5.18. The summed E-state index contributed by atoms with van der Waals surface area (Å²) >= 11 is 0. The van der Waals surface area contributed by atoms with E-state index in [4.69, 9.17) is 9.47 Å². The average molecular weight is 426 g/mol. The Balaban J connectivity index is 2.17. The van der Waals surface area contributed by atoms with Crippen LogP contribution in [0.2, 0.25) is 0 Å². The summed E-state index contributed by atoms with van der Waals surface area (Å²) in [4.78, 5) is 37.4. The first-order valence-electron chi connectivity index (χ1n) is 9.46. The summed E-state index contributed by atoms with van der Waals surface area (Å²) in [5.41, 5.74) is 1.31. The minimum Gasteiger partial charge on any atom is -0.507 e. The molecule has 9 nitrogen and oxygen atoms in total. The average Bonchev–Trinajstić information content (AvgIpc) is 3.01. The van der Waals surface area contributed by atoms with Crippen molar-refractivity contribution >= 4 is 23.1 Å². The molecule has 1 atom stereocenters. The summed E-state index contributed by atoms with van der Waals surface area (Å²) in [6.45, 7) is 2.04. The molecule has 1 fully saturated rings. The van der Waals surface area contributed by atoms with Crippen LogP contribution in [0.1, 0.15) is 22.7 Å². The molecule has 0 spiro atoms. The van der Waals surface area contributed by atoms with E-state index in [1.165, 1.54) is 43.4 Å². The maximum atomic E-state index is 12.9. The fraction of sp³-hybridized carbons (Fsp3) is 0.273. The van der Waals surface area contributed by atoms with Gasteiger partial charge in [0.2, 0.25) is 0 Å². The number of likely N-dealkylation sites (tertiary alicyclic amines) is 1. The molecule has 3 rings (SSSR count). The molecule has 1 amide bonds. The van der Waals surface area contributed by atoms with E-state index in [0.29, 0.717) is 22.4 Å². The number of aliphatic hydroxyl groups is 1. The van der Waals surface area contributed by atoms with Crippen LogP contribution in [0.5, 0.6) is 5.75 Å². The molecule has 31 heavy (non-hydrogen) atoms. The summed E-state index contributed by atoms with van der Waals surface area (Å²) in [6.07, 6.45) is 0. The van der Waals surface area contributed by atoms with Gasteiger partial charge in [-0.1, -0.05) is 0 Å². The van der Waals surface area contributed by atoms with Crippen LogP contribution in [0.4, 0.5) is 5.69 Å². The number of carbonyl (C=O) groups excluding carboxylic acids is 2. The lowest BCUT2D eigenvalue weighted by molar-refractivity contribution is -0.384. The van der Waals surface area contributed by atoms with Gasteiger partial charge in [0.05, 0.1) is 30.3 Å². The Kier molecular flexibility index (Phi) is 6.36. The monoisotopic (exact) mass is 426 g/mol. The van der Waals surface area contributed by atoms with Crippen LogP contribution < -0.4 is 4.74 Å². The first-order valence-corrected chi connectivity index (χ1v) is 9.46. The maximum Gasteiger partial charge on any atom is 0.295 e. The normalized spacial score (nSPS) is 17.8. The second-order valence-corrected chi connectivity index (χ2v) is 7.01. The summed E-state index contributed by atoms with van der Waals surface area (Å²) in [6, 6.07) is 9.59. The number of carbonyl (C=O) groups is 2. The third kappa shape index (κ3) is 4.13. The first kappa shape index (κ1) is 22.0. The van der Waals surface area contributed by atoms with Gasteiger partial charge >= 0.3 is 0 Å². The lowest BCUT2D eigenvalue weighted by Crippen LogP contribution is -2.32. The molecule has 0 bridgehead atoms. The molecular weight excluding hydrogens is 404 g/mol. The molecule has 2 aromatic rings. The molecule has 0 radical (unpaired) electrons. The van der Waals surface area contributed by atoms with Gasteiger partial charge in [-0.3, -0.25) is 19.7 Å². The van der Waals surface area contributed by atoms with Gasteiger partial charge in [0.1, 0.15) is 11.5 Å². The van der Waals surface area contributed by atoms with Gasteiger partial charge in [0, 0.05) is 31.4 Å². The number of amides is 1. The number of hydrogen-bond acceptors (Lipinski definition) is 7. The molecule has 0 aliphatic carbocycles. The van der Waals surface area contributed by atoms with Crippen molar-refractivity contribution in [3.63, 3.8) is 0 Å². The van der Waals surface area contributed by atoms with Crippen LogP contribution in [0.15, 0.2) is 48.0 Å². The van der Waals surface area contributed by atoms with Crippen molar-refractivity contribution in [1.29, 1.82) is 0 Å². The summed E-state index contributed by atoms with van der Waals surface area (Å²) < 4.78 is 10.2. The number of rotatable bonds is 7. The number of nitrogens with zero attached hydrogens (tertiary/aromatic N) is 2. The number of methoxy groups -OCH3 is 2. The fourth-order valence-electron chi connectivity index (χ4n) is 3.60. The second-order valence-electron chi connectivity index (χ2n) is 7.01. The topological polar surface area (TPSA) is 119 Å². The van der Waals surface area contributed by atoms with Crippen LogP contribution in [-0.4, -0.2) is 54.0 Å². The molecule has 1 aliphatic heterocycles. The van der Waals surface area contributed by atoms with Crippen LogP contribution in [-0.2, 0) is 14.3 Å². The Bertz CT molecular complexity index is 1060. The van der Waals surface area contributed by atoms with Crippen LogP contribution in [0, 0.1) is 17.0 Å². The van der Waals surface area contributed by atoms with Crippen LogP contribution in [0.3, 0.4) is 0 Å². The highest BCUT2D eigenvalue weighted by Crippen LogP contribution is 2.40. The largest absolute Gasteiger partial charge is 0.507 e. The molecule has 2 aromatic carbocycles. The Morgan fingerprint density at radius 2 is 1.84 bits per heavy atom. The predicted octanol–water partition coefficient (Wildman–Crippen LogP) is 2.98. The number of aryl methyl sites for hydroxylation is 1. The van der Waals surface area contributed by atoms with E-state index in [9.17, 15) is 24.8 Å². The van der Waals surface area contributed by atoms with Gasteiger partial charge in [-0.25, -0.2) is 0 Å². The number of ketones is 1. The van der Waals surface area contributed by atoms with Gasteiger partial charge in [0.25, 0.3) is 17.4 Å². The van der Waals surface area contributed by atoms with Crippen molar-refractivity contribution in [2.24, 2.45) is 0 Å². The van der Waals surface area contributed by atoms with E-state index in [0.717, 1.165) is 0 Å². The predicted molar refractivity (Wildman–Crippen MR) is 112 cm³/mol. The highest BCUT2D eigenvalue weighted by atomic mass is 16.6. The van der Waals surface area contributed by atoms with E-state index >= 15 is 0 Å². The van der Waals surface area contributed by atoms with E-state index in [1.54, 1.807) is 25.1 Å². The van der Waals surface area contributed by atoms with Gasteiger partial charge in [-0.15, -0.1) is 0 Å². The molecule has 1 aliphatic rings. The van der Waals surface area contributed by atoms with Crippen LogP contribution >= 0.6 is 0 Å². The number of non-ortho nitro benzene ring substituents is 1. The lowest BCUT2D eigenvalue weighted by Gasteiger charge is -2.25. The molecule has 0 aromatic heterocycles. The summed E-state index contributed by atoms with van der Waals surface area (Å²) in [5.74, 6) is -1.33. The number of nitro benzene ring substituents is 1. The maximum absolute atomic E-state index is 12.9. The van der Waals surface area contributed by atoms with E-state index in [-0.39, 0.29) is 30.2 Å². The van der Waals surface area contributed by atoms with Crippen molar-refractivity contribution < 1.29 is 29.1 Å². The molecular formula is C22H22N2O7. The SMILES string of the molecule is COCCN1C(=O)C(=O)C(=C(O)c2ccc(OC)cc2C)[C@@H]1c1ccc([N+](=O)[O-])cc1. The van der Waals surface area contributed by atoms with Gasteiger partial charge < -0.3 is 19.5 Å². The molecule has 1 heterocycles. The molecule has 1 N–H and O–H groups in total. The number of benzene rings is 2. The Hall–Kier alpha value is -3.72. The number of hydrogen-bond donors (Lipinski definition) is 1. The summed E-state index contributed by atoms with van der Waals surface area (Å²) in [5, 5.41) is 22.1. The zero-order valence-electron chi connectivity index (χ0n) is 17.3. The highest BCUT2D eigenvalue weighted by molar-refractivity contribution is 6.46. The molecule has 9 heteroatoms. The van der Waals surface area contributed by atoms with E-state index in [1.807, 2.05) is 0 Å². The van der Waals surface area contributed by atoms with Crippen molar-refractivity contribution in [1.82, 2.24) is 4.90 Å². The first-order chi connectivity index (χ1) is 14.8. The zero-order valence-corrected chi connectivity index (χ0v) is 17.3. The van der Waals surface area contributed by atoms with Crippen molar-refractivity contribution in [2.75, 3.05) is 27.4 Å². The van der Waals surface area contributed by atoms with Crippen molar-refractivity contribution in [2.45, 2.75) is 13.0 Å². The van der Waals surface area contributed by atoms with Gasteiger partial charge in [-0.2, -0.15) is 0 Å². The third-order valence-corrected chi connectivity index (χ3v) is 5.18. The summed E-state index contributed by atoms with van der Waals surface area (Å²) in [7, 11) is 2.99. The molecule has 0 unspecified atom stereocenters. The zero-order chi connectivity index (χ0) is 22.7. The smallest absolute Gasteiger partial charge is 0.295 e. The van der Waals surface area contributed by atoms with E-state index < -0.39 is 22.7 Å². The Morgan fingerprint density at radius 3 is 2.39 bits per heavy atom. The van der Waals surface area contributed by atoms with Crippen molar-refractivity contribution in [3.05, 3.63) is 74.8 Å². The Morgan fingerprint density at radius 1 is 1.16 bits per heavy atom. The fourth-order valence-corrected chi connectivity index (χ4v) is 3.60. The second kappa shape index (κ2) is 8.97. The van der Waals surface area contributed by atoms with Crippen LogP contribution in [0.25, 0.3) is 5.76 Å². The minimum absolute atomic E-state index is 0.0803. The Labute approximate surface area is 178 Å². The number of ether oxygens (including phenoxy) is 2.